The third-order valence-electron chi connectivity index (χ3n) is 5.40. The molecule has 1 saturated carbocycles. The van der Waals surface area contributed by atoms with Crippen molar-refractivity contribution in [3.63, 3.8) is 0 Å². The average Bonchev–Trinajstić information content (AvgIpc) is 3.26. The van der Waals surface area contributed by atoms with E-state index < -0.39 is 0 Å². The first-order valence-electron chi connectivity index (χ1n) is 8.88. The third-order valence-corrected chi connectivity index (χ3v) is 5.40. The third kappa shape index (κ3) is 3.25. The first-order chi connectivity index (χ1) is 11.0. The zero-order chi connectivity index (χ0) is 16.6. The molecular formula is C20H28O3. The quantitative estimate of drug-likeness (QED) is 0.455. The highest BCUT2D eigenvalue weighted by atomic mass is 16.6. The summed E-state index contributed by atoms with van der Waals surface area (Å²) >= 11 is 0. The maximum Gasteiger partial charge on any atom is 0.123 e. The molecule has 0 amide bonds. The van der Waals surface area contributed by atoms with E-state index in [-0.39, 0.29) is 29.4 Å². The van der Waals surface area contributed by atoms with Crippen molar-refractivity contribution in [2.45, 2.75) is 70.5 Å². The van der Waals surface area contributed by atoms with Crippen LogP contribution in [-0.2, 0) is 11.2 Å². The first kappa shape index (κ1) is 16.4. The largest absolute Gasteiger partial charge is 0.508 e. The molecule has 0 bridgehead atoms. The fraction of sp³-hybridized carbons (Fsp3) is 0.600. The monoisotopic (exact) mass is 316 g/mol. The van der Waals surface area contributed by atoms with Crippen LogP contribution in [0.4, 0.5) is 0 Å². The predicted molar refractivity (Wildman–Crippen MR) is 91.9 cm³/mol. The van der Waals surface area contributed by atoms with Crippen LogP contribution in [0.5, 0.6) is 11.5 Å². The number of fused-ring (bicyclic) bond motifs is 1. The van der Waals surface area contributed by atoms with Gasteiger partial charge < -0.3 is 14.9 Å². The van der Waals surface area contributed by atoms with Crippen LogP contribution in [0, 0.1) is 5.92 Å². The van der Waals surface area contributed by atoms with Crippen LogP contribution in [0.15, 0.2) is 24.3 Å². The summed E-state index contributed by atoms with van der Waals surface area (Å²) < 4.78 is 5.78. The van der Waals surface area contributed by atoms with Crippen molar-refractivity contribution < 1.29 is 14.9 Å². The van der Waals surface area contributed by atoms with Gasteiger partial charge in [0.25, 0.3) is 0 Å². The number of rotatable bonds is 6. The maximum atomic E-state index is 10.6. The lowest BCUT2D eigenvalue weighted by atomic mass is 9.72. The van der Waals surface area contributed by atoms with Gasteiger partial charge in [0.15, 0.2) is 0 Å². The van der Waals surface area contributed by atoms with E-state index in [4.69, 9.17) is 4.74 Å². The normalized spacial score (nSPS) is 29.1. The molecule has 1 heterocycles. The van der Waals surface area contributed by atoms with Crippen molar-refractivity contribution in [3.8, 4) is 11.5 Å². The van der Waals surface area contributed by atoms with Gasteiger partial charge in [-0.25, -0.2) is 0 Å². The minimum Gasteiger partial charge on any atom is -0.508 e. The van der Waals surface area contributed by atoms with Crippen LogP contribution in [0.25, 0.3) is 0 Å². The average molecular weight is 316 g/mol. The summed E-state index contributed by atoms with van der Waals surface area (Å²) in [6.07, 6.45) is 6.78. The highest BCUT2D eigenvalue weighted by molar-refractivity contribution is 5.51. The van der Waals surface area contributed by atoms with Crippen LogP contribution < -0.4 is 0 Å². The van der Waals surface area contributed by atoms with E-state index in [1.807, 2.05) is 19.1 Å². The zero-order valence-corrected chi connectivity index (χ0v) is 14.2. The molecule has 1 aliphatic carbocycles. The molecule has 1 aromatic carbocycles. The molecule has 3 rings (SSSR count). The van der Waals surface area contributed by atoms with Crippen LogP contribution in [-0.4, -0.2) is 22.4 Å². The number of epoxide rings is 1. The fourth-order valence-electron chi connectivity index (χ4n) is 4.12. The van der Waals surface area contributed by atoms with Crippen LogP contribution in [0.2, 0.25) is 0 Å². The van der Waals surface area contributed by atoms with Crippen molar-refractivity contribution >= 4 is 0 Å². The molecular weight excluding hydrogens is 288 g/mol. The maximum absolute atomic E-state index is 10.6. The van der Waals surface area contributed by atoms with Gasteiger partial charge in [-0.2, -0.15) is 0 Å². The van der Waals surface area contributed by atoms with Gasteiger partial charge >= 0.3 is 0 Å². The Morgan fingerprint density at radius 2 is 1.91 bits per heavy atom. The second-order valence-corrected chi connectivity index (χ2v) is 7.20. The lowest BCUT2D eigenvalue weighted by molar-refractivity contribution is 0.323. The molecule has 0 unspecified atom stereocenters. The standard InChI is InChI=1S/C20H28O3/c1-4-5-6-7-13-10-15(21)19(16(22)11-13)18-14(12(2)3)8-9-17-20(18)23-17/h10-11,14,17-18,20-22H,2,4-9H2,1,3H3/t14-,17+,18+,20+/m0/s1. The molecule has 3 nitrogen and oxygen atoms in total. The van der Waals surface area contributed by atoms with Gasteiger partial charge in [0.1, 0.15) is 11.5 Å². The summed E-state index contributed by atoms with van der Waals surface area (Å²) in [5.41, 5.74) is 2.77. The number of unbranched alkanes of at least 4 members (excludes halogenated alkanes) is 2. The second-order valence-electron chi connectivity index (χ2n) is 7.20. The van der Waals surface area contributed by atoms with E-state index in [2.05, 4.69) is 13.5 Å². The number of aryl methyl sites for hydroxylation is 1. The van der Waals surface area contributed by atoms with Crippen molar-refractivity contribution in [2.24, 2.45) is 5.92 Å². The molecule has 2 fully saturated rings. The lowest BCUT2D eigenvalue weighted by Crippen LogP contribution is -2.25. The molecule has 126 valence electrons. The predicted octanol–water partition coefficient (Wildman–Crippen LogP) is 4.67. The minimum atomic E-state index is 0.0240. The van der Waals surface area contributed by atoms with Crippen molar-refractivity contribution in [2.75, 3.05) is 0 Å². The summed E-state index contributed by atoms with van der Waals surface area (Å²) in [4.78, 5) is 0. The van der Waals surface area contributed by atoms with E-state index in [1.165, 1.54) is 12.8 Å². The van der Waals surface area contributed by atoms with Gasteiger partial charge in [-0.1, -0.05) is 31.9 Å². The van der Waals surface area contributed by atoms with Gasteiger partial charge in [-0.05, 0) is 56.2 Å². The number of allylic oxidation sites excluding steroid dienone is 1. The highest BCUT2D eigenvalue weighted by Gasteiger charge is 2.53. The Labute approximate surface area is 139 Å². The summed E-state index contributed by atoms with van der Waals surface area (Å²) in [5, 5.41) is 21.1. The summed E-state index contributed by atoms with van der Waals surface area (Å²) in [7, 11) is 0. The topological polar surface area (TPSA) is 53.0 Å². The zero-order valence-electron chi connectivity index (χ0n) is 14.2. The molecule has 1 aromatic rings. The van der Waals surface area contributed by atoms with E-state index in [9.17, 15) is 10.2 Å². The van der Waals surface area contributed by atoms with Gasteiger partial charge in [-0.15, -0.1) is 0 Å². The molecule has 4 atom stereocenters. The Bertz CT molecular complexity index is 570. The minimum absolute atomic E-state index is 0.0240. The van der Waals surface area contributed by atoms with E-state index >= 15 is 0 Å². The Balaban J connectivity index is 1.87. The van der Waals surface area contributed by atoms with Gasteiger partial charge in [0.2, 0.25) is 0 Å². The van der Waals surface area contributed by atoms with Crippen molar-refractivity contribution in [3.05, 3.63) is 35.4 Å². The Hall–Kier alpha value is -1.48. The Morgan fingerprint density at radius 1 is 1.22 bits per heavy atom. The van der Waals surface area contributed by atoms with Crippen molar-refractivity contribution in [1.82, 2.24) is 0 Å². The number of hydrogen-bond acceptors (Lipinski definition) is 3. The number of hydrogen-bond donors (Lipinski definition) is 2. The Morgan fingerprint density at radius 3 is 2.52 bits per heavy atom. The number of ether oxygens (including phenoxy) is 1. The number of phenols is 2. The number of aromatic hydroxyl groups is 2. The van der Waals surface area contributed by atoms with Gasteiger partial charge in [0, 0.05) is 11.5 Å². The molecule has 0 radical (unpaired) electrons. The highest BCUT2D eigenvalue weighted by Crippen LogP contribution is 2.54. The molecule has 0 spiro atoms. The summed E-state index contributed by atoms with van der Waals surface area (Å²) in [5.74, 6) is 0.713. The number of phenolic OH excluding ortho intramolecular Hbond substituents is 2. The molecule has 1 aliphatic heterocycles. The smallest absolute Gasteiger partial charge is 0.123 e. The molecule has 3 heteroatoms. The molecule has 2 aliphatic rings. The SMILES string of the molecule is C=C(C)[C@@H]1CC[C@H]2O[C@H]2[C@H]1c1c(O)cc(CCCCC)cc1O. The van der Waals surface area contributed by atoms with E-state index in [0.717, 1.165) is 36.8 Å². The van der Waals surface area contributed by atoms with Gasteiger partial charge in [0.05, 0.1) is 12.2 Å². The van der Waals surface area contributed by atoms with Crippen LogP contribution >= 0.6 is 0 Å². The Kier molecular flexibility index (Phi) is 4.67. The molecule has 2 N–H and O–H groups in total. The number of benzene rings is 1. The molecule has 0 aromatic heterocycles. The summed E-state index contributed by atoms with van der Waals surface area (Å²) in [6, 6.07) is 3.65. The van der Waals surface area contributed by atoms with E-state index in [0.29, 0.717) is 11.7 Å². The molecule has 1 saturated heterocycles. The van der Waals surface area contributed by atoms with Crippen molar-refractivity contribution in [1.29, 1.82) is 0 Å². The van der Waals surface area contributed by atoms with E-state index in [1.54, 1.807) is 0 Å². The van der Waals surface area contributed by atoms with Crippen LogP contribution in [0.1, 0.15) is 63.0 Å². The second kappa shape index (κ2) is 6.56. The van der Waals surface area contributed by atoms with Gasteiger partial charge in [-0.3, -0.25) is 0 Å². The fourth-order valence-corrected chi connectivity index (χ4v) is 4.12. The molecule has 23 heavy (non-hydrogen) atoms. The first-order valence-corrected chi connectivity index (χ1v) is 8.88. The summed E-state index contributed by atoms with van der Waals surface area (Å²) in [6.45, 7) is 8.32. The van der Waals surface area contributed by atoms with Crippen LogP contribution in [0.3, 0.4) is 0 Å². The lowest BCUT2D eigenvalue weighted by Gasteiger charge is -2.31.